The first kappa shape index (κ1) is 20.3. The summed E-state index contributed by atoms with van der Waals surface area (Å²) in [7, 11) is 0. The van der Waals surface area contributed by atoms with E-state index in [0.717, 1.165) is 16.9 Å². The van der Waals surface area contributed by atoms with Crippen molar-refractivity contribution in [2.45, 2.75) is 6.92 Å². The van der Waals surface area contributed by atoms with E-state index in [-0.39, 0.29) is 17.0 Å². The van der Waals surface area contributed by atoms with Crippen LogP contribution in [0, 0.1) is 10.1 Å². The van der Waals surface area contributed by atoms with Gasteiger partial charge in [0.1, 0.15) is 11.5 Å². The van der Waals surface area contributed by atoms with Crippen LogP contribution >= 0.6 is 11.3 Å². The minimum atomic E-state index is -0.678. The Kier molecular flexibility index (Phi) is 5.50. The number of fused-ring (bicyclic) bond motifs is 1. The van der Waals surface area contributed by atoms with Gasteiger partial charge in [0.25, 0.3) is 5.69 Å². The Morgan fingerprint density at radius 3 is 2.42 bits per heavy atom. The number of non-ortho nitro benzene ring substituents is 1. The number of nitro benzene ring substituents is 1. The van der Waals surface area contributed by atoms with E-state index in [1.807, 2.05) is 19.1 Å². The Morgan fingerprint density at radius 2 is 1.77 bits per heavy atom. The summed E-state index contributed by atoms with van der Waals surface area (Å²) in [5.41, 5.74) is 1.77. The van der Waals surface area contributed by atoms with E-state index in [0.29, 0.717) is 28.2 Å². The molecule has 0 saturated carbocycles. The second-order valence-electron chi connectivity index (χ2n) is 6.40. The van der Waals surface area contributed by atoms with Gasteiger partial charge in [-0.05, 0) is 42.8 Å². The maximum Gasteiger partial charge on any atom is 0.396 e. The third-order valence-corrected chi connectivity index (χ3v) is 5.18. The smallest absolute Gasteiger partial charge is 0.396 e. The lowest BCUT2D eigenvalue weighted by Crippen LogP contribution is -2.08. The molecule has 0 aliphatic rings. The van der Waals surface area contributed by atoms with Crippen molar-refractivity contribution in [1.82, 2.24) is 0 Å². The quantitative estimate of drug-likeness (QED) is 0.180. The molecule has 0 bridgehead atoms. The Labute approximate surface area is 179 Å². The molecule has 1 heterocycles. The van der Waals surface area contributed by atoms with Crippen molar-refractivity contribution in [3.05, 3.63) is 86.1 Å². The minimum absolute atomic E-state index is 0.126. The molecule has 0 N–H and O–H groups in total. The molecule has 0 aliphatic carbocycles. The van der Waals surface area contributed by atoms with Gasteiger partial charge < -0.3 is 13.9 Å². The molecule has 1 aromatic heterocycles. The molecule has 31 heavy (non-hydrogen) atoms. The predicted molar refractivity (Wildman–Crippen MR) is 115 cm³/mol. The average Bonchev–Trinajstić information content (AvgIpc) is 3.14. The van der Waals surface area contributed by atoms with Crippen molar-refractivity contribution in [3.63, 3.8) is 0 Å². The van der Waals surface area contributed by atoms with Crippen LogP contribution in [0.4, 0.5) is 5.69 Å². The summed E-state index contributed by atoms with van der Waals surface area (Å²) < 4.78 is 16.8. The fourth-order valence-electron chi connectivity index (χ4n) is 3.01. The van der Waals surface area contributed by atoms with Crippen LogP contribution < -0.4 is 14.4 Å². The Balaban J connectivity index is 1.69. The zero-order chi connectivity index (χ0) is 22.0. The monoisotopic (exact) mass is 437 g/mol. The number of nitrogens with zero attached hydrogens (tertiary/aromatic N) is 1. The lowest BCUT2D eigenvalue weighted by atomic mass is 10.0. The van der Waals surface area contributed by atoms with E-state index in [1.165, 1.54) is 24.3 Å². The topological polar surface area (TPSA) is 109 Å². The lowest BCUT2D eigenvalue weighted by molar-refractivity contribution is -0.384. The molecule has 3 aromatic carbocycles. The second-order valence-corrected chi connectivity index (χ2v) is 7.38. The SMILES string of the molecule is CCOc1ccc(-c2cc(OC(=O)c3ccc([N+](=O)[O-])cc3)cc3sc(=O)oc23)cc1. The number of benzene rings is 3. The molecule has 0 radical (unpaired) electrons. The predicted octanol–water partition coefficient (Wildman–Crippen LogP) is 5.05. The Bertz CT molecular complexity index is 1320. The fraction of sp³-hybridized carbons (Fsp3) is 0.0909. The second kappa shape index (κ2) is 8.41. The van der Waals surface area contributed by atoms with E-state index < -0.39 is 15.8 Å². The van der Waals surface area contributed by atoms with Gasteiger partial charge in [-0.15, -0.1) is 0 Å². The molecule has 0 unspecified atom stereocenters. The number of carbonyl (C=O) groups excluding carboxylic acids is 1. The summed E-state index contributed by atoms with van der Waals surface area (Å²) >= 11 is 0.901. The molecule has 9 heteroatoms. The number of hydrogen-bond acceptors (Lipinski definition) is 8. The van der Waals surface area contributed by atoms with Crippen LogP contribution in [0.5, 0.6) is 11.5 Å². The van der Waals surface area contributed by atoms with Gasteiger partial charge >= 0.3 is 10.9 Å². The van der Waals surface area contributed by atoms with Gasteiger partial charge in [-0.25, -0.2) is 9.59 Å². The van der Waals surface area contributed by atoms with Crippen molar-refractivity contribution < 1.29 is 23.6 Å². The van der Waals surface area contributed by atoms with Crippen molar-refractivity contribution in [2.24, 2.45) is 0 Å². The van der Waals surface area contributed by atoms with E-state index >= 15 is 0 Å². The molecule has 0 aliphatic heterocycles. The first-order chi connectivity index (χ1) is 14.9. The molecular weight excluding hydrogens is 422 g/mol. The van der Waals surface area contributed by atoms with Crippen LogP contribution in [-0.2, 0) is 0 Å². The van der Waals surface area contributed by atoms with Crippen LogP contribution in [0.15, 0.2) is 69.9 Å². The van der Waals surface area contributed by atoms with Gasteiger partial charge in [0.05, 0.1) is 21.8 Å². The zero-order valence-electron chi connectivity index (χ0n) is 16.2. The van der Waals surface area contributed by atoms with E-state index in [1.54, 1.807) is 24.3 Å². The zero-order valence-corrected chi connectivity index (χ0v) is 17.0. The largest absolute Gasteiger partial charge is 0.494 e. The normalized spacial score (nSPS) is 10.7. The van der Waals surface area contributed by atoms with Crippen molar-refractivity contribution in [1.29, 1.82) is 0 Å². The van der Waals surface area contributed by atoms with E-state index in [9.17, 15) is 19.7 Å². The van der Waals surface area contributed by atoms with Gasteiger partial charge in [-0.3, -0.25) is 10.1 Å². The van der Waals surface area contributed by atoms with Crippen LogP contribution in [0.3, 0.4) is 0 Å². The van der Waals surface area contributed by atoms with Crippen molar-refractivity contribution in [3.8, 4) is 22.6 Å². The standard InChI is InChI=1S/C22H15NO7S/c1-2-28-16-9-5-13(6-10-16)18-11-17(12-19-20(18)30-22(25)31-19)29-21(24)14-3-7-15(8-4-14)23(26)27/h3-12H,2H2,1H3. The maximum absolute atomic E-state index is 12.5. The molecule has 4 aromatic rings. The first-order valence-corrected chi connectivity index (χ1v) is 10.0. The highest BCUT2D eigenvalue weighted by molar-refractivity contribution is 7.16. The van der Waals surface area contributed by atoms with Gasteiger partial charge in [0, 0.05) is 23.8 Å². The molecule has 0 spiro atoms. The molecule has 4 rings (SSSR count). The van der Waals surface area contributed by atoms with Gasteiger partial charge in [0.15, 0.2) is 5.58 Å². The minimum Gasteiger partial charge on any atom is -0.494 e. The molecule has 0 amide bonds. The highest BCUT2D eigenvalue weighted by Gasteiger charge is 2.16. The fourth-order valence-corrected chi connectivity index (χ4v) is 3.73. The van der Waals surface area contributed by atoms with Crippen molar-refractivity contribution >= 4 is 33.3 Å². The molecule has 0 saturated heterocycles. The van der Waals surface area contributed by atoms with Crippen molar-refractivity contribution in [2.75, 3.05) is 6.61 Å². The lowest BCUT2D eigenvalue weighted by Gasteiger charge is -2.09. The summed E-state index contributed by atoms with van der Waals surface area (Å²) in [6.07, 6.45) is 0. The first-order valence-electron chi connectivity index (χ1n) is 9.22. The van der Waals surface area contributed by atoms with Crippen LogP contribution in [0.25, 0.3) is 21.4 Å². The van der Waals surface area contributed by atoms with Crippen LogP contribution in [-0.4, -0.2) is 17.5 Å². The number of hydrogen-bond donors (Lipinski definition) is 0. The Morgan fingerprint density at radius 1 is 1.06 bits per heavy atom. The number of esters is 1. The summed E-state index contributed by atoms with van der Waals surface area (Å²) in [6, 6.07) is 15.5. The Hall–Kier alpha value is -3.98. The number of rotatable bonds is 6. The molecule has 0 fully saturated rings. The van der Waals surface area contributed by atoms with Gasteiger partial charge in [-0.2, -0.15) is 0 Å². The summed E-state index contributed by atoms with van der Waals surface area (Å²) in [4.78, 5) is 34.1. The third kappa shape index (κ3) is 4.31. The summed E-state index contributed by atoms with van der Waals surface area (Å²) in [6.45, 7) is 2.43. The summed E-state index contributed by atoms with van der Waals surface area (Å²) in [5, 5.41) is 10.8. The highest BCUT2D eigenvalue weighted by atomic mass is 32.1. The average molecular weight is 437 g/mol. The number of ether oxygens (including phenoxy) is 2. The molecule has 0 atom stereocenters. The highest BCUT2D eigenvalue weighted by Crippen LogP contribution is 2.35. The molecule has 156 valence electrons. The van der Waals surface area contributed by atoms with Crippen LogP contribution in [0.1, 0.15) is 17.3 Å². The van der Waals surface area contributed by atoms with Crippen LogP contribution in [0.2, 0.25) is 0 Å². The van der Waals surface area contributed by atoms with Gasteiger partial charge in [0.2, 0.25) is 0 Å². The maximum atomic E-state index is 12.5. The molecular formula is C22H15NO7S. The summed E-state index contributed by atoms with van der Waals surface area (Å²) in [5.74, 6) is 0.245. The number of carbonyl (C=O) groups is 1. The van der Waals surface area contributed by atoms with Gasteiger partial charge in [-0.1, -0.05) is 23.5 Å². The van der Waals surface area contributed by atoms with E-state index in [2.05, 4.69) is 0 Å². The van der Waals surface area contributed by atoms with E-state index in [4.69, 9.17) is 13.9 Å². The number of nitro groups is 1. The third-order valence-electron chi connectivity index (χ3n) is 4.41. The molecule has 8 nitrogen and oxygen atoms in total.